The Morgan fingerprint density at radius 2 is 2.22 bits per heavy atom. The molecule has 0 aliphatic heterocycles. The zero-order valence-electron chi connectivity index (χ0n) is 9.41. The van der Waals surface area contributed by atoms with Crippen molar-refractivity contribution < 1.29 is 4.79 Å². The van der Waals surface area contributed by atoms with Gasteiger partial charge in [-0.15, -0.1) is 11.3 Å². The van der Waals surface area contributed by atoms with E-state index >= 15 is 0 Å². The number of nitrogens with one attached hydrogen (secondary N) is 1. The molecule has 7 heteroatoms. The molecule has 2 rings (SSSR count). The summed E-state index contributed by atoms with van der Waals surface area (Å²) < 4.78 is 0. The maximum absolute atomic E-state index is 12.1. The third-order valence-electron chi connectivity index (χ3n) is 2.31. The normalized spacial score (nSPS) is 10.4. The Kier molecular flexibility index (Phi) is 4.16. The predicted molar refractivity (Wildman–Crippen MR) is 73.7 cm³/mol. The van der Waals surface area contributed by atoms with Crippen LogP contribution in [0.15, 0.2) is 17.8 Å². The maximum Gasteiger partial charge on any atom is 0.267 e. The van der Waals surface area contributed by atoms with Gasteiger partial charge >= 0.3 is 0 Å². The number of hydrogen-bond donors (Lipinski definition) is 1. The second-order valence-corrected chi connectivity index (χ2v) is 5.06. The van der Waals surface area contributed by atoms with Crippen LogP contribution >= 0.6 is 34.5 Å². The van der Waals surface area contributed by atoms with E-state index in [1.165, 1.54) is 17.7 Å². The molecular weight excluding hydrogens is 293 g/mol. The van der Waals surface area contributed by atoms with E-state index in [1.54, 1.807) is 0 Å². The van der Waals surface area contributed by atoms with Gasteiger partial charge in [-0.2, -0.15) is 0 Å². The minimum absolute atomic E-state index is 0.115. The van der Waals surface area contributed by atoms with Gasteiger partial charge in [-0.05, 0) is 23.4 Å². The summed E-state index contributed by atoms with van der Waals surface area (Å²) in [6.07, 6.45) is 2.05. The number of anilines is 1. The summed E-state index contributed by atoms with van der Waals surface area (Å²) in [6.45, 7) is 1.99. The van der Waals surface area contributed by atoms with E-state index in [2.05, 4.69) is 15.3 Å². The van der Waals surface area contributed by atoms with Crippen molar-refractivity contribution >= 4 is 46.3 Å². The fourth-order valence-electron chi connectivity index (χ4n) is 1.41. The first-order chi connectivity index (χ1) is 8.63. The molecule has 0 bridgehead atoms. The lowest BCUT2D eigenvalue weighted by Gasteiger charge is -2.06. The molecule has 0 aliphatic carbocycles. The van der Waals surface area contributed by atoms with Crippen LogP contribution in [-0.4, -0.2) is 15.9 Å². The van der Waals surface area contributed by atoms with Crippen molar-refractivity contribution in [2.45, 2.75) is 13.3 Å². The number of rotatable bonds is 3. The molecule has 18 heavy (non-hydrogen) atoms. The van der Waals surface area contributed by atoms with Crippen LogP contribution in [0.3, 0.4) is 0 Å². The molecule has 1 N–H and O–H groups in total. The number of carbonyl (C=O) groups excluding carboxylic acids is 1. The van der Waals surface area contributed by atoms with Crippen LogP contribution in [0, 0.1) is 0 Å². The van der Waals surface area contributed by atoms with Crippen LogP contribution < -0.4 is 5.32 Å². The molecule has 94 valence electrons. The summed E-state index contributed by atoms with van der Waals surface area (Å²) in [5, 5.41) is 4.76. The lowest BCUT2D eigenvalue weighted by molar-refractivity contribution is 0.102. The molecule has 0 unspecified atom stereocenters. The van der Waals surface area contributed by atoms with Gasteiger partial charge in [0.25, 0.3) is 5.91 Å². The Hall–Kier alpha value is -1.17. The number of aromatic nitrogens is 2. The average Bonchev–Trinajstić information content (AvgIpc) is 2.83. The van der Waals surface area contributed by atoms with Crippen molar-refractivity contribution in [1.82, 2.24) is 9.97 Å². The molecule has 0 aliphatic rings. The highest BCUT2D eigenvalue weighted by Crippen LogP contribution is 2.26. The molecule has 4 nitrogen and oxygen atoms in total. The first-order valence-corrected chi connectivity index (χ1v) is 6.80. The molecule has 2 aromatic rings. The Bertz CT molecular complexity index is 585. The number of aryl methyl sites for hydroxylation is 1. The van der Waals surface area contributed by atoms with Gasteiger partial charge in [0.1, 0.15) is 11.3 Å². The van der Waals surface area contributed by atoms with Crippen molar-refractivity contribution in [2.24, 2.45) is 0 Å². The molecule has 0 fully saturated rings. The van der Waals surface area contributed by atoms with E-state index in [4.69, 9.17) is 23.2 Å². The van der Waals surface area contributed by atoms with Gasteiger partial charge < -0.3 is 5.32 Å². The van der Waals surface area contributed by atoms with Crippen LogP contribution in [0.25, 0.3) is 0 Å². The summed E-state index contributed by atoms with van der Waals surface area (Å²) in [7, 11) is 0. The minimum atomic E-state index is -0.237. The van der Waals surface area contributed by atoms with Crippen molar-refractivity contribution in [3.8, 4) is 0 Å². The zero-order chi connectivity index (χ0) is 13.1. The van der Waals surface area contributed by atoms with Crippen LogP contribution in [0.2, 0.25) is 10.2 Å². The standard InChI is InChI=1S/C11H9Cl2N3OS/c1-2-6-3-4-18-8(6)11(17)16-10-7(12)9(13)14-5-15-10/h3-5H,2H2,1H3,(H,14,15,16,17). The molecule has 2 aromatic heterocycles. The van der Waals surface area contributed by atoms with Crippen molar-refractivity contribution in [1.29, 1.82) is 0 Å². The van der Waals surface area contributed by atoms with Gasteiger partial charge in [-0.1, -0.05) is 30.1 Å². The second kappa shape index (κ2) is 5.65. The molecule has 0 saturated heterocycles. The number of hydrogen-bond acceptors (Lipinski definition) is 4. The van der Waals surface area contributed by atoms with Crippen molar-refractivity contribution in [3.63, 3.8) is 0 Å². The molecule has 0 saturated carbocycles. The number of amides is 1. The van der Waals surface area contributed by atoms with E-state index < -0.39 is 0 Å². The Morgan fingerprint density at radius 1 is 1.44 bits per heavy atom. The van der Waals surface area contributed by atoms with Gasteiger partial charge in [0.05, 0.1) is 4.88 Å². The monoisotopic (exact) mass is 301 g/mol. The molecule has 0 atom stereocenters. The molecule has 0 radical (unpaired) electrons. The largest absolute Gasteiger partial charge is 0.304 e. The van der Waals surface area contributed by atoms with E-state index in [0.29, 0.717) is 4.88 Å². The molecular formula is C11H9Cl2N3OS. The minimum Gasteiger partial charge on any atom is -0.304 e. The van der Waals surface area contributed by atoms with Gasteiger partial charge in [0, 0.05) is 0 Å². The first kappa shape index (κ1) is 13.3. The Morgan fingerprint density at radius 3 is 2.94 bits per heavy atom. The van der Waals surface area contributed by atoms with E-state index in [1.807, 2.05) is 18.4 Å². The second-order valence-electron chi connectivity index (χ2n) is 3.41. The number of thiophene rings is 1. The number of carbonyl (C=O) groups is 1. The smallest absolute Gasteiger partial charge is 0.267 e. The third kappa shape index (κ3) is 2.63. The molecule has 2 heterocycles. The Balaban J connectivity index is 2.24. The van der Waals surface area contributed by atoms with Crippen LogP contribution in [-0.2, 0) is 6.42 Å². The average molecular weight is 302 g/mol. The molecule has 0 aromatic carbocycles. The zero-order valence-corrected chi connectivity index (χ0v) is 11.7. The van der Waals surface area contributed by atoms with Crippen molar-refractivity contribution in [3.05, 3.63) is 38.4 Å². The Labute approximate surface area is 118 Å². The van der Waals surface area contributed by atoms with Crippen molar-refractivity contribution in [2.75, 3.05) is 5.32 Å². The number of nitrogens with zero attached hydrogens (tertiary/aromatic N) is 2. The fraction of sp³-hybridized carbons (Fsp3) is 0.182. The van der Waals surface area contributed by atoms with Gasteiger partial charge in [0.15, 0.2) is 11.0 Å². The van der Waals surface area contributed by atoms with Crippen LogP contribution in [0.1, 0.15) is 22.2 Å². The predicted octanol–water partition coefficient (Wildman–Crippen LogP) is 3.66. The quantitative estimate of drug-likeness (QED) is 0.880. The lowest BCUT2D eigenvalue weighted by Crippen LogP contribution is -2.13. The lowest BCUT2D eigenvalue weighted by atomic mass is 10.2. The summed E-state index contributed by atoms with van der Waals surface area (Å²) >= 11 is 13.0. The summed E-state index contributed by atoms with van der Waals surface area (Å²) in [6, 6.07) is 1.92. The molecule has 0 spiro atoms. The highest BCUT2D eigenvalue weighted by Gasteiger charge is 2.15. The number of halogens is 2. The highest BCUT2D eigenvalue weighted by molar-refractivity contribution is 7.12. The van der Waals surface area contributed by atoms with Gasteiger partial charge in [0.2, 0.25) is 0 Å². The van der Waals surface area contributed by atoms with Gasteiger partial charge in [-0.3, -0.25) is 4.79 Å². The molecule has 1 amide bonds. The first-order valence-electron chi connectivity index (χ1n) is 5.17. The van der Waals surface area contributed by atoms with Crippen LogP contribution in [0.5, 0.6) is 0 Å². The summed E-state index contributed by atoms with van der Waals surface area (Å²) in [4.78, 5) is 20.3. The third-order valence-corrected chi connectivity index (χ3v) is 4.01. The van der Waals surface area contributed by atoms with Crippen LogP contribution in [0.4, 0.5) is 5.82 Å². The van der Waals surface area contributed by atoms with E-state index in [-0.39, 0.29) is 21.9 Å². The van der Waals surface area contributed by atoms with E-state index in [9.17, 15) is 4.79 Å². The summed E-state index contributed by atoms with van der Waals surface area (Å²) in [5.74, 6) is -0.0179. The summed E-state index contributed by atoms with van der Waals surface area (Å²) in [5.41, 5.74) is 0.994. The van der Waals surface area contributed by atoms with E-state index in [0.717, 1.165) is 12.0 Å². The topological polar surface area (TPSA) is 54.9 Å². The highest BCUT2D eigenvalue weighted by atomic mass is 35.5. The SMILES string of the molecule is CCc1ccsc1C(=O)Nc1ncnc(Cl)c1Cl. The maximum atomic E-state index is 12.1. The van der Waals surface area contributed by atoms with Gasteiger partial charge in [-0.25, -0.2) is 9.97 Å². The fourth-order valence-corrected chi connectivity index (χ4v) is 2.58.